The molecule has 7 heteroatoms. The monoisotopic (exact) mass is 352 g/mol. The van der Waals surface area contributed by atoms with Gasteiger partial charge in [0.1, 0.15) is 6.04 Å². The van der Waals surface area contributed by atoms with Gasteiger partial charge in [-0.15, -0.1) is 11.3 Å². The number of amides is 2. The fourth-order valence-corrected chi connectivity index (χ4v) is 3.74. The van der Waals surface area contributed by atoms with Gasteiger partial charge >= 0.3 is 0 Å². The van der Waals surface area contributed by atoms with Crippen LogP contribution < -0.4 is 10.6 Å². The Morgan fingerprint density at radius 3 is 2.83 bits per heavy atom. The summed E-state index contributed by atoms with van der Waals surface area (Å²) >= 11 is 1.43. The molecular weight excluding hydrogens is 324 g/mol. The van der Waals surface area contributed by atoms with E-state index < -0.39 is 6.04 Å². The van der Waals surface area contributed by atoms with Crippen molar-refractivity contribution in [2.75, 3.05) is 18.4 Å². The second-order valence-corrected chi connectivity index (χ2v) is 7.90. The van der Waals surface area contributed by atoms with Gasteiger partial charge in [0.05, 0.1) is 5.69 Å². The molecule has 1 aliphatic rings. The molecule has 2 rings (SSSR count). The average molecular weight is 353 g/mol. The molecule has 2 heterocycles. The summed E-state index contributed by atoms with van der Waals surface area (Å²) in [5.74, 6) is 0.333. The number of hydrogen-bond acceptors (Lipinski definition) is 5. The lowest BCUT2D eigenvalue weighted by Gasteiger charge is -2.30. The Hall–Kier alpha value is -1.47. The van der Waals surface area contributed by atoms with Crippen molar-refractivity contribution in [3.63, 3.8) is 0 Å². The van der Waals surface area contributed by atoms with Gasteiger partial charge in [-0.1, -0.05) is 20.8 Å². The van der Waals surface area contributed by atoms with E-state index in [2.05, 4.69) is 27.4 Å². The molecule has 2 atom stereocenters. The second kappa shape index (κ2) is 8.58. The molecule has 134 valence electrons. The van der Waals surface area contributed by atoms with Gasteiger partial charge < -0.3 is 10.6 Å². The number of aromatic nitrogens is 1. The molecule has 1 saturated heterocycles. The molecule has 1 aliphatic heterocycles. The fourth-order valence-electron chi connectivity index (χ4n) is 3.03. The molecule has 0 saturated carbocycles. The molecule has 0 radical (unpaired) electrons. The highest BCUT2D eigenvalue weighted by atomic mass is 32.1. The van der Waals surface area contributed by atoms with Gasteiger partial charge in [-0.25, -0.2) is 4.98 Å². The first kappa shape index (κ1) is 18.9. The average Bonchev–Trinajstić information content (AvgIpc) is 2.91. The van der Waals surface area contributed by atoms with Crippen LogP contribution in [0.25, 0.3) is 0 Å². The Morgan fingerprint density at radius 2 is 2.21 bits per heavy atom. The number of carbonyl (C=O) groups excluding carboxylic acids is 2. The van der Waals surface area contributed by atoms with E-state index in [1.54, 1.807) is 0 Å². The standard InChI is InChI=1S/C17H28N4O2S/c1-11(2)15(18-13(4)22)16(23)20-17-19-14(10-24-17)9-21-7-5-6-12(3)8-21/h10-12,15H,5-9H2,1-4H3,(H,18,22)(H,19,20,23)/t12-,15+/m0/s1. The number of piperidine rings is 1. The van der Waals surface area contributed by atoms with Crippen molar-refractivity contribution in [3.8, 4) is 0 Å². The van der Waals surface area contributed by atoms with Crippen molar-refractivity contribution in [1.29, 1.82) is 0 Å². The lowest BCUT2D eigenvalue weighted by atomic mass is 10.0. The van der Waals surface area contributed by atoms with Crippen LogP contribution in [0.1, 0.15) is 46.2 Å². The van der Waals surface area contributed by atoms with Crippen molar-refractivity contribution in [2.24, 2.45) is 11.8 Å². The lowest BCUT2D eigenvalue weighted by Crippen LogP contribution is -2.46. The normalized spacial score (nSPS) is 20.0. The van der Waals surface area contributed by atoms with Crippen LogP contribution in [0.5, 0.6) is 0 Å². The molecule has 0 bridgehead atoms. The summed E-state index contributed by atoms with van der Waals surface area (Å²) in [5, 5.41) is 8.12. The predicted molar refractivity (Wildman–Crippen MR) is 96.9 cm³/mol. The molecular formula is C17H28N4O2S. The van der Waals surface area contributed by atoms with Crippen LogP contribution in [-0.4, -0.2) is 40.8 Å². The Bertz CT molecular complexity index is 573. The highest BCUT2D eigenvalue weighted by Crippen LogP contribution is 2.21. The number of anilines is 1. The number of thiazole rings is 1. The third kappa shape index (κ3) is 5.56. The maximum absolute atomic E-state index is 12.4. The summed E-state index contributed by atoms with van der Waals surface area (Å²) in [7, 11) is 0. The van der Waals surface area contributed by atoms with E-state index in [4.69, 9.17) is 0 Å². The van der Waals surface area contributed by atoms with Crippen molar-refractivity contribution < 1.29 is 9.59 Å². The molecule has 0 spiro atoms. The van der Waals surface area contributed by atoms with Gasteiger partial charge in [0, 0.05) is 25.4 Å². The van der Waals surface area contributed by atoms with Crippen molar-refractivity contribution in [2.45, 2.75) is 53.1 Å². The van der Waals surface area contributed by atoms with E-state index in [-0.39, 0.29) is 17.7 Å². The minimum Gasteiger partial charge on any atom is -0.344 e. The quantitative estimate of drug-likeness (QED) is 0.825. The molecule has 2 amide bonds. The van der Waals surface area contributed by atoms with Gasteiger partial charge in [-0.3, -0.25) is 14.5 Å². The second-order valence-electron chi connectivity index (χ2n) is 7.04. The fraction of sp³-hybridized carbons (Fsp3) is 0.706. The number of rotatable bonds is 6. The Balaban J connectivity index is 1.92. The zero-order valence-electron chi connectivity index (χ0n) is 15.0. The summed E-state index contributed by atoms with van der Waals surface area (Å²) < 4.78 is 0. The van der Waals surface area contributed by atoms with Crippen molar-refractivity contribution in [1.82, 2.24) is 15.2 Å². The van der Waals surface area contributed by atoms with Crippen LogP contribution in [-0.2, 0) is 16.1 Å². The van der Waals surface area contributed by atoms with Gasteiger partial charge in [0.25, 0.3) is 0 Å². The van der Waals surface area contributed by atoms with Gasteiger partial charge in [0.15, 0.2) is 5.13 Å². The largest absolute Gasteiger partial charge is 0.344 e. The third-order valence-electron chi connectivity index (χ3n) is 4.22. The van der Waals surface area contributed by atoms with E-state index in [1.165, 1.54) is 31.1 Å². The van der Waals surface area contributed by atoms with E-state index >= 15 is 0 Å². The molecule has 24 heavy (non-hydrogen) atoms. The number of likely N-dealkylation sites (tertiary alicyclic amines) is 1. The Labute approximate surface area is 148 Å². The maximum Gasteiger partial charge on any atom is 0.248 e. The summed E-state index contributed by atoms with van der Waals surface area (Å²) in [5.41, 5.74) is 0.991. The molecule has 0 aromatic carbocycles. The number of nitrogens with zero attached hydrogens (tertiary/aromatic N) is 2. The first-order valence-electron chi connectivity index (χ1n) is 8.60. The van der Waals surface area contributed by atoms with Crippen LogP contribution in [0.2, 0.25) is 0 Å². The van der Waals surface area contributed by atoms with Crippen LogP contribution >= 0.6 is 11.3 Å². The number of carbonyl (C=O) groups is 2. The smallest absolute Gasteiger partial charge is 0.248 e. The van der Waals surface area contributed by atoms with E-state index in [9.17, 15) is 9.59 Å². The highest BCUT2D eigenvalue weighted by molar-refractivity contribution is 7.13. The zero-order chi connectivity index (χ0) is 17.7. The van der Waals surface area contributed by atoms with Gasteiger partial charge in [0.2, 0.25) is 11.8 Å². The maximum atomic E-state index is 12.4. The summed E-state index contributed by atoms with van der Waals surface area (Å²) in [6.07, 6.45) is 2.54. The van der Waals surface area contributed by atoms with E-state index in [1.807, 2.05) is 19.2 Å². The van der Waals surface area contributed by atoms with Crippen molar-refractivity contribution in [3.05, 3.63) is 11.1 Å². The predicted octanol–water partition coefficient (Wildman–Crippen LogP) is 2.47. The minimum atomic E-state index is -0.544. The lowest BCUT2D eigenvalue weighted by molar-refractivity contribution is -0.126. The van der Waals surface area contributed by atoms with Crippen LogP contribution in [0.3, 0.4) is 0 Å². The molecule has 6 nitrogen and oxygen atoms in total. The first-order chi connectivity index (χ1) is 11.3. The van der Waals surface area contributed by atoms with Crippen LogP contribution in [0, 0.1) is 11.8 Å². The summed E-state index contributed by atoms with van der Waals surface area (Å²) in [4.78, 5) is 30.6. The number of hydrogen-bond donors (Lipinski definition) is 2. The molecule has 1 aromatic heterocycles. The first-order valence-corrected chi connectivity index (χ1v) is 9.48. The minimum absolute atomic E-state index is 0.0168. The summed E-state index contributed by atoms with van der Waals surface area (Å²) in [6, 6.07) is -0.544. The Morgan fingerprint density at radius 1 is 1.46 bits per heavy atom. The summed E-state index contributed by atoms with van der Waals surface area (Å²) in [6.45, 7) is 10.6. The van der Waals surface area contributed by atoms with Gasteiger partial charge in [-0.05, 0) is 31.2 Å². The molecule has 2 N–H and O–H groups in total. The Kier molecular flexibility index (Phi) is 6.74. The SMILES string of the molecule is CC(=O)N[C@@H](C(=O)Nc1nc(CN2CCC[C@H](C)C2)cs1)C(C)C. The topological polar surface area (TPSA) is 74.3 Å². The van der Waals surface area contributed by atoms with Crippen LogP contribution in [0.15, 0.2) is 5.38 Å². The molecule has 0 unspecified atom stereocenters. The number of nitrogens with one attached hydrogen (secondary N) is 2. The molecule has 1 aromatic rings. The van der Waals surface area contributed by atoms with E-state index in [0.717, 1.165) is 31.2 Å². The van der Waals surface area contributed by atoms with Gasteiger partial charge in [-0.2, -0.15) is 0 Å². The molecule has 1 fully saturated rings. The highest BCUT2D eigenvalue weighted by Gasteiger charge is 2.24. The molecule has 0 aliphatic carbocycles. The van der Waals surface area contributed by atoms with Crippen LogP contribution in [0.4, 0.5) is 5.13 Å². The zero-order valence-corrected chi connectivity index (χ0v) is 15.8. The third-order valence-corrected chi connectivity index (χ3v) is 5.02. The van der Waals surface area contributed by atoms with Crippen molar-refractivity contribution >= 4 is 28.3 Å². The van der Waals surface area contributed by atoms with E-state index in [0.29, 0.717) is 5.13 Å².